The third kappa shape index (κ3) is 6.09. The van der Waals surface area contributed by atoms with E-state index < -0.39 is 10.0 Å². The van der Waals surface area contributed by atoms with Gasteiger partial charge in [0.05, 0.1) is 0 Å². The van der Waals surface area contributed by atoms with Gasteiger partial charge < -0.3 is 10.6 Å². The van der Waals surface area contributed by atoms with E-state index in [1.165, 1.54) is 12.3 Å². The lowest BCUT2D eigenvalue weighted by Gasteiger charge is -2.23. The Hall–Kier alpha value is -1.02. The van der Waals surface area contributed by atoms with Crippen LogP contribution in [0.3, 0.4) is 0 Å². The average Bonchev–Trinajstić information content (AvgIpc) is 2.36. The Bertz CT molecular complexity index is 516. The highest BCUT2D eigenvalue weighted by atomic mass is 32.2. The molecular weight excluding hydrogens is 288 g/mol. The van der Waals surface area contributed by atoms with E-state index in [-0.39, 0.29) is 11.1 Å². The normalized spacial score (nSPS) is 13.9. The minimum Gasteiger partial charge on any atom is -0.326 e. The zero-order valence-corrected chi connectivity index (χ0v) is 14.0. The second-order valence-electron chi connectivity index (χ2n) is 5.92. The maximum Gasteiger partial charge on any atom is 0.258 e. The van der Waals surface area contributed by atoms with E-state index in [9.17, 15) is 8.42 Å². The average molecular weight is 314 g/mol. The van der Waals surface area contributed by atoms with E-state index in [0.717, 1.165) is 12.0 Å². The van der Waals surface area contributed by atoms with Gasteiger partial charge in [0, 0.05) is 25.3 Å². The van der Waals surface area contributed by atoms with Crippen LogP contribution in [0.4, 0.5) is 0 Å². The van der Waals surface area contributed by atoms with Crippen molar-refractivity contribution in [3.8, 4) is 0 Å². The highest BCUT2D eigenvalue weighted by molar-refractivity contribution is 7.89. The number of sulfonamides is 1. The maximum atomic E-state index is 12.4. The minimum absolute atomic E-state index is 0.0345. The molecule has 21 heavy (non-hydrogen) atoms. The van der Waals surface area contributed by atoms with E-state index in [4.69, 9.17) is 5.73 Å². The first kappa shape index (κ1) is 18.0. The summed E-state index contributed by atoms with van der Waals surface area (Å²) < 4.78 is 27.5. The van der Waals surface area contributed by atoms with Crippen LogP contribution in [-0.4, -0.2) is 45.0 Å². The number of nitrogens with two attached hydrogens (primary N) is 1. The Morgan fingerprint density at radius 2 is 2.00 bits per heavy atom. The lowest BCUT2D eigenvalue weighted by molar-refractivity contribution is 0.329. The van der Waals surface area contributed by atoms with Crippen molar-refractivity contribution in [2.24, 2.45) is 11.7 Å². The van der Waals surface area contributed by atoms with Crippen LogP contribution in [0.25, 0.3) is 0 Å². The molecule has 1 heterocycles. The molecule has 0 bridgehead atoms. The Morgan fingerprint density at radius 3 is 2.43 bits per heavy atom. The Morgan fingerprint density at radius 1 is 1.33 bits per heavy atom. The Labute approximate surface area is 127 Å². The van der Waals surface area contributed by atoms with Gasteiger partial charge in [0.1, 0.15) is 0 Å². The molecule has 0 radical (unpaired) electrons. The van der Waals surface area contributed by atoms with Crippen molar-refractivity contribution in [2.45, 2.75) is 37.9 Å². The number of rotatable bonds is 8. The highest BCUT2D eigenvalue weighted by Crippen LogP contribution is 2.11. The molecule has 1 unspecified atom stereocenters. The van der Waals surface area contributed by atoms with Crippen LogP contribution < -0.4 is 10.5 Å². The van der Waals surface area contributed by atoms with Gasteiger partial charge >= 0.3 is 0 Å². The van der Waals surface area contributed by atoms with Crippen LogP contribution in [-0.2, 0) is 16.6 Å². The molecular formula is C14H26N4O2S. The van der Waals surface area contributed by atoms with Gasteiger partial charge in [-0.1, -0.05) is 19.9 Å². The SMILES string of the molecule is CC(C)CC(CN(C)C)NS(=O)(=O)c1ccc(CN)cn1. The van der Waals surface area contributed by atoms with Crippen LogP contribution in [0.15, 0.2) is 23.4 Å². The summed E-state index contributed by atoms with van der Waals surface area (Å²) >= 11 is 0. The molecule has 1 atom stereocenters. The molecule has 0 aromatic carbocycles. The molecule has 0 spiro atoms. The largest absolute Gasteiger partial charge is 0.326 e. The molecule has 0 saturated heterocycles. The van der Waals surface area contributed by atoms with Crippen LogP contribution in [0.1, 0.15) is 25.8 Å². The third-order valence-corrected chi connectivity index (χ3v) is 4.41. The second kappa shape index (κ2) is 7.84. The number of hydrogen-bond acceptors (Lipinski definition) is 5. The van der Waals surface area contributed by atoms with Gasteiger partial charge in [0.2, 0.25) is 0 Å². The summed E-state index contributed by atoms with van der Waals surface area (Å²) in [7, 11) is 0.249. The molecule has 0 saturated carbocycles. The summed E-state index contributed by atoms with van der Waals surface area (Å²) in [5.41, 5.74) is 6.30. The number of nitrogens with one attached hydrogen (secondary N) is 1. The molecule has 1 aromatic rings. The number of likely N-dealkylation sites (N-methyl/N-ethyl adjacent to an activating group) is 1. The molecule has 1 rings (SSSR count). The van der Waals surface area contributed by atoms with Gasteiger partial charge in [0.25, 0.3) is 10.0 Å². The van der Waals surface area contributed by atoms with Crippen molar-refractivity contribution in [2.75, 3.05) is 20.6 Å². The molecule has 120 valence electrons. The molecule has 0 fully saturated rings. The van der Waals surface area contributed by atoms with Crippen molar-refractivity contribution in [1.82, 2.24) is 14.6 Å². The standard InChI is InChI=1S/C14H26N4O2S/c1-11(2)7-13(10-18(3)4)17-21(19,20)14-6-5-12(8-15)9-16-14/h5-6,9,11,13,17H,7-8,10,15H2,1-4H3. The van der Waals surface area contributed by atoms with Gasteiger partial charge in [0.15, 0.2) is 5.03 Å². The monoisotopic (exact) mass is 314 g/mol. The third-order valence-electron chi connectivity index (χ3n) is 2.97. The van der Waals surface area contributed by atoms with E-state index in [1.807, 2.05) is 19.0 Å². The quantitative estimate of drug-likeness (QED) is 0.741. The van der Waals surface area contributed by atoms with Gasteiger partial charge in [-0.05, 0) is 38.1 Å². The van der Waals surface area contributed by atoms with Crippen LogP contribution >= 0.6 is 0 Å². The zero-order chi connectivity index (χ0) is 16.0. The van der Waals surface area contributed by atoms with E-state index in [1.54, 1.807) is 6.07 Å². The van der Waals surface area contributed by atoms with Gasteiger partial charge in [-0.3, -0.25) is 0 Å². The summed E-state index contributed by atoms with van der Waals surface area (Å²) in [5, 5.41) is 0.0345. The Kier molecular flexibility index (Phi) is 6.73. The van der Waals surface area contributed by atoms with Gasteiger partial charge in [-0.2, -0.15) is 0 Å². The molecule has 1 aromatic heterocycles. The molecule has 0 aliphatic heterocycles. The smallest absolute Gasteiger partial charge is 0.258 e. The summed E-state index contributed by atoms with van der Waals surface area (Å²) in [6.45, 7) is 5.14. The zero-order valence-electron chi connectivity index (χ0n) is 13.2. The topological polar surface area (TPSA) is 88.3 Å². The lowest BCUT2D eigenvalue weighted by Crippen LogP contribution is -2.42. The summed E-state index contributed by atoms with van der Waals surface area (Å²) in [6, 6.07) is 3.04. The van der Waals surface area contributed by atoms with E-state index in [2.05, 4.69) is 23.6 Å². The van der Waals surface area contributed by atoms with E-state index >= 15 is 0 Å². The maximum absolute atomic E-state index is 12.4. The fourth-order valence-electron chi connectivity index (χ4n) is 2.14. The predicted octanol–water partition coefficient (Wildman–Crippen LogP) is 0.795. The van der Waals surface area contributed by atoms with Crippen molar-refractivity contribution < 1.29 is 8.42 Å². The van der Waals surface area contributed by atoms with E-state index in [0.29, 0.717) is 19.0 Å². The first-order valence-corrected chi connectivity index (χ1v) is 8.55. The summed E-state index contributed by atoms with van der Waals surface area (Å²) in [4.78, 5) is 5.96. The van der Waals surface area contributed by atoms with Gasteiger partial charge in [-0.25, -0.2) is 18.1 Å². The van der Waals surface area contributed by atoms with Crippen molar-refractivity contribution in [3.05, 3.63) is 23.9 Å². The van der Waals surface area contributed by atoms with Gasteiger partial charge in [-0.15, -0.1) is 0 Å². The number of hydrogen-bond donors (Lipinski definition) is 2. The first-order chi connectivity index (χ1) is 9.74. The number of aromatic nitrogens is 1. The van der Waals surface area contributed by atoms with Crippen LogP contribution in [0.5, 0.6) is 0 Å². The molecule has 3 N–H and O–H groups in total. The lowest BCUT2D eigenvalue weighted by atomic mass is 10.0. The Balaban J connectivity index is 2.88. The highest BCUT2D eigenvalue weighted by Gasteiger charge is 2.22. The summed E-state index contributed by atoms with van der Waals surface area (Å²) in [5.74, 6) is 0.408. The van der Waals surface area contributed by atoms with Crippen LogP contribution in [0.2, 0.25) is 0 Å². The molecule has 6 nitrogen and oxygen atoms in total. The van der Waals surface area contributed by atoms with Crippen molar-refractivity contribution >= 4 is 10.0 Å². The van der Waals surface area contributed by atoms with Crippen molar-refractivity contribution in [3.63, 3.8) is 0 Å². The number of pyridine rings is 1. The van der Waals surface area contributed by atoms with Crippen LogP contribution in [0, 0.1) is 5.92 Å². The molecule has 7 heteroatoms. The fraction of sp³-hybridized carbons (Fsp3) is 0.643. The number of nitrogens with zero attached hydrogens (tertiary/aromatic N) is 2. The minimum atomic E-state index is -3.60. The predicted molar refractivity (Wildman–Crippen MR) is 84.2 cm³/mol. The molecule has 0 aliphatic carbocycles. The fourth-order valence-corrected chi connectivity index (χ4v) is 3.31. The summed E-state index contributed by atoms with van der Waals surface area (Å²) in [6.07, 6.45) is 2.27. The molecule has 0 amide bonds. The second-order valence-corrected chi connectivity index (χ2v) is 7.58. The van der Waals surface area contributed by atoms with Crippen molar-refractivity contribution in [1.29, 1.82) is 0 Å². The first-order valence-electron chi connectivity index (χ1n) is 7.06. The molecule has 0 aliphatic rings.